The normalized spacial score (nSPS) is 27.6. The van der Waals surface area contributed by atoms with Crippen LogP contribution in [-0.4, -0.2) is 82.7 Å². The summed E-state index contributed by atoms with van der Waals surface area (Å²) in [5.74, 6) is -1.82. The zero-order valence-electron chi connectivity index (χ0n) is 25.5. The van der Waals surface area contributed by atoms with E-state index >= 15 is 0 Å². The van der Waals surface area contributed by atoms with Crippen molar-refractivity contribution in [2.75, 3.05) is 37.7 Å². The Morgan fingerprint density at radius 3 is 2.38 bits per heavy atom. The minimum absolute atomic E-state index is 0.111. The number of hydrogen-bond acceptors (Lipinski definition) is 5. The summed E-state index contributed by atoms with van der Waals surface area (Å²) in [6, 6.07) is 8.71. The van der Waals surface area contributed by atoms with Gasteiger partial charge in [0.25, 0.3) is 0 Å². The summed E-state index contributed by atoms with van der Waals surface area (Å²) in [4.78, 5) is 48.8. The predicted octanol–water partition coefficient (Wildman–Crippen LogP) is 4.73. The zero-order chi connectivity index (χ0) is 30.3. The molecule has 1 aromatic carbocycles. The first-order chi connectivity index (χ1) is 20.4. The number of likely N-dealkylation sites (tertiary alicyclic amines) is 1. The number of hydrogen-bond donors (Lipinski definition) is 1. The Labute approximate surface area is 251 Å². The van der Waals surface area contributed by atoms with Crippen molar-refractivity contribution < 1.29 is 24.2 Å². The molecule has 4 rings (SSSR count). The molecule has 1 spiro atoms. The third kappa shape index (κ3) is 5.68. The molecule has 3 aliphatic rings. The second-order valence-corrected chi connectivity index (χ2v) is 12.0. The first kappa shape index (κ1) is 32.0. The van der Waals surface area contributed by atoms with Gasteiger partial charge in [0.15, 0.2) is 0 Å². The summed E-state index contributed by atoms with van der Waals surface area (Å²) < 4.78 is 6.99. The van der Waals surface area contributed by atoms with Gasteiger partial charge in [-0.3, -0.25) is 14.4 Å². The van der Waals surface area contributed by atoms with Gasteiger partial charge in [-0.05, 0) is 50.7 Å². The second-order valence-electron chi connectivity index (χ2n) is 12.0. The van der Waals surface area contributed by atoms with Gasteiger partial charge in [0.05, 0.1) is 17.4 Å². The summed E-state index contributed by atoms with van der Waals surface area (Å²) in [5.41, 5.74) is -1.09. The molecule has 3 amide bonds. The number of fused-ring (bicyclic) bond motifs is 1. The number of aliphatic hydroxyl groups excluding tert-OH is 1. The van der Waals surface area contributed by atoms with Crippen LogP contribution in [0.1, 0.15) is 71.6 Å². The van der Waals surface area contributed by atoms with Crippen molar-refractivity contribution in [3.63, 3.8) is 0 Å². The highest BCUT2D eigenvalue weighted by molar-refractivity contribution is 6.03. The molecule has 5 atom stereocenters. The van der Waals surface area contributed by atoms with Crippen molar-refractivity contribution in [1.29, 1.82) is 0 Å². The monoisotopic (exact) mass is 579 g/mol. The minimum atomic E-state index is -1.04. The van der Waals surface area contributed by atoms with Crippen LogP contribution in [0.2, 0.25) is 0 Å². The lowest BCUT2D eigenvalue weighted by molar-refractivity contribution is -0.152. The maximum absolute atomic E-state index is 14.6. The van der Waals surface area contributed by atoms with Crippen LogP contribution in [0.25, 0.3) is 0 Å². The van der Waals surface area contributed by atoms with Crippen LogP contribution in [0, 0.1) is 11.8 Å². The maximum Gasteiger partial charge on any atom is 0.248 e. The lowest BCUT2D eigenvalue weighted by Crippen LogP contribution is -2.56. The molecule has 0 aliphatic carbocycles. The van der Waals surface area contributed by atoms with E-state index < -0.39 is 29.1 Å². The van der Waals surface area contributed by atoms with E-state index in [1.807, 2.05) is 42.2 Å². The second kappa shape index (κ2) is 14.0. The Morgan fingerprint density at radius 2 is 1.74 bits per heavy atom. The lowest BCUT2D eigenvalue weighted by atomic mass is 9.64. The lowest BCUT2D eigenvalue weighted by Gasteiger charge is -2.37. The van der Waals surface area contributed by atoms with Crippen molar-refractivity contribution in [3.8, 4) is 0 Å². The molecule has 1 N–H and O–H groups in total. The SMILES string of the molecule is C=CCN(CCCC)C(=O)C1N(CCCCCCO)C(=O)[C@@H]2[C@@H](C(=O)N(CC=C)c3ccccc3)[C@@]3(CC)CCC12O3. The summed E-state index contributed by atoms with van der Waals surface area (Å²) >= 11 is 0. The molecule has 1 aromatic rings. The molecule has 8 heteroatoms. The Morgan fingerprint density at radius 1 is 1.02 bits per heavy atom. The predicted molar refractivity (Wildman–Crippen MR) is 165 cm³/mol. The Bertz CT molecular complexity index is 1130. The van der Waals surface area contributed by atoms with Crippen LogP contribution >= 0.6 is 0 Å². The molecule has 0 radical (unpaired) electrons. The summed E-state index contributed by atoms with van der Waals surface area (Å²) in [6.07, 6.45) is 10.2. The molecular weight excluding hydrogens is 530 g/mol. The number of aliphatic hydroxyl groups is 1. The Hall–Kier alpha value is -2.97. The molecule has 3 saturated heterocycles. The van der Waals surface area contributed by atoms with Gasteiger partial charge in [0.2, 0.25) is 17.7 Å². The molecule has 3 heterocycles. The third-order valence-corrected chi connectivity index (χ3v) is 9.58. The number of unbranched alkanes of at least 4 members (excludes halogenated alkanes) is 4. The molecule has 42 heavy (non-hydrogen) atoms. The third-order valence-electron chi connectivity index (χ3n) is 9.58. The van der Waals surface area contributed by atoms with Crippen LogP contribution in [-0.2, 0) is 19.1 Å². The van der Waals surface area contributed by atoms with E-state index in [2.05, 4.69) is 20.1 Å². The highest BCUT2D eigenvalue weighted by Crippen LogP contribution is 2.64. The minimum Gasteiger partial charge on any atom is -0.396 e. The van der Waals surface area contributed by atoms with E-state index in [-0.39, 0.29) is 24.3 Å². The van der Waals surface area contributed by atoms with E-state index in [1.54, 1.807) is 22.0 Å². The van der Waals surface area contributed by atoms with Crippen LogP contribution in [0.15, 0.2) is 55.6 Å². The zero-order valence-corrected chi connectivity index (χ0v) is 25.5. The molecule has 3 fully saturated rings. The van der Waals surface area contributed by atoms with Gasteiger partial charge >= 0.3 is 0 Å². The standard InChI is InChI=1S/C34H49N3O5/c1-5-9-23-35(21-6-2)32(41)29-34-20-19-33(8-4,42-34)27(28(34)31(40)37(29)24-15-10-11-16-25-38)30(39)36(22-7-3)26-17-13-12-14-18-26/h6-7,12-14,17-18,27-29,38H,2-3,5,8-11,15-16,19-25H2,1,4H3/t27-,28-,29?,33+,34?/m0/s1. The largest absolute Gasteiger partial charge is 0.396 e. The first-order valence-electron chi connectivity index (χ1n) is 15.8. The Kier molecular flexibility index (Phi) is 10.7. The highest BCUT2D eigenvalue weighted by Gasteiger charge is 2.79. The van der Waals surface area contributed by atoms with Crippen LogP contribution in [0.5, 0.6) is 0 Å². The molecule has 230 valence electrons. The molecular formula is C34H49N3O5. The van der Waals surface area contributed by atoms with Crippen molar-refractivity contribution >= 4 is 23.4 Å². The summed E-state index contributed by atoms with van der Waals surface area (Å²) in [7, 11) is 0. The fourth-order valence-electron chi connectivity index (χ4n) is 7.56. The topological polar surface area (TPSA) is 90.4 Å². The molecule has 2 bridgehead atoms. The van der Waals surface area contributed by atoms with Gasteiger partial charge in [-0.15, -0.1) is 13.2 Å². The van der Waals surface area contributed by atoms with E-state index in [4.69, 9.17) is 4.74 Å². The summed E-state index contributed by atoms with van der Waals surface area (Å²) in [5, 5.41) is 9.21. The van der Waals surface area contributed by atoms with Gasteiger partial charge < -0.3 is 24.5 Å². The number of carbonyl (C=O) groups excluding carboxylic acids is 3. The van der Waals surface area contributed by atoms with Crippen molar-refractivity contribution in [1.82, 2.24) is 9.80 Å². The van der Waals surface area contributed by atoms with Gasteiger partial charge in [0.1, 0.15) is 11.6 Å². The van der Waals surface area contributed by atoms with Crippen molar-refractivity contribution in [2.24, 2.45) is 11.8 Å². The average molecular weight is 580 g/mol. The van der Waals surface area contributed by atoms with E-state index in [1.165, 1.54) is 0 Å². The molecule has 8 nitrogen and oxygen atoms in total. The fraction of sp³-hybridized carbons (Fsp3) is 0.618. The van der Waals surface area contributed by atoms with Gasteiger partial charge in [-0.1, -0.05) is 63.5 Å². The number of rotatable bonds is 17. The van der Waals surface area contributed by atoms with Crippen LogP contribution in [0.3, 0.4) is 0 Å². The highest BCUT2D eigenvalue weighted by atomic mass is 16.5. The van der Waals surface area contributed by atoms with E-state index in [0.29, 0.717) is 51.9 Å². The number of para-hydroxylation sites is 1. The van der Waals surface area contributed by atoms with Crippen LogP contribution in [0.4, 0.5) is 5.69 Å². The number of carbonyl (C=O) groups is 3. The number of amides is 3. The molecule has 0 saturated carbocycles. The quantitative estimate of drug-likeness (QED) is 0.213. The summed E-state index contributed by atoms with van der Waals surface area (Å²) in [6.45, 7) is 13.7. The smallest absolute Gasteiger partial charge is 0.248 e. The van der Waals surface area contributed by atoms with Crippen molar-refractivity contribution in [2.45, 2.75) is 88.9 Å². The van der Waals surface area contributed by atoms with E-state index in [0.717, 1.165) is 37.8 Å². The van der Waals surface area contributed by atoms with Gasteiger partial charge in [0, 0.05) is 38.5 Å². The average Bonchev–Trinajstić information content (AvgIpc) is 3.61. The number of anilines is 1. The van der Waals surface area contributed by atoms with Crippen molar-refractivity contribution in [3.05, 3.63) is 55.6 Å². The molecule has 3 aliphatic heterocycles. The van der Waals surface area contributed by atoms with E-state index in [9.17, 15) is 19.5 Å². The number of benzene rings is 1. The van der Waals surface area contributed by atoms with Crippen LogP contribution < -0.4 is 4.90 Å². The molecule has 0 aromatic heterocycles. The molecule has 2 unspecified atom stereocenters. The first-order valence-corrected chi connectivity index (χ1v) is 15.8. The van der Waals surface area contributed by atoms with Gasteiger partial charge in [-0.2, -0.15) is 0 Å². The van der Waals surface area contributed by atoms with Gasteiger partial charge in [-0.25, -0.2) is 0 Å². The number of ether oxygens (including phenoxy) is 1. The number of nitrogens with zero attached hydrogens (tertiary/aromatic N) is 3. The maximum atomic E-state index is 14.6. The fourth-order valence-corrected chi connectivity index (χ4v) is 7.56. The Balaban J connectivity index is 1.75.